The highest BCUT2D eigenvalue weighted by Gasteiger charge is 2.02. The number of rotatable bonds is 10. The predicted molar refractivity (Wildman–Crippen MR) is 99.6 cm³/mol. The van der Waals surface area contributed by atoms with Gasteiger partial charge in [0.25, 0.3) is 0 Å². The van der Waals surface area contributed by atoms with Gasteiger partial charge < -0.3 is 10.1 Å². The Kier molecular flexibility index (Phi) is 7.70. The molecule has 2 aromatic rings. The van der Waals surface area contributed by atoms with Crippen LogP contribution in [0.3, 0.4) is 0 Å². The van der Waals surface area contributed by atoms with Crippen LogP contribution in [0, 0.1) is 5.82 Å². The zero-order valence-electron chi connectivity index (χ0n) is 14.5. The second-order valence-corrected chi connectivity index (χ2v) is 5.78. The van der Waals surface area contributed by atoms with Crippen molar-refractivity contribution in [3.8, 4) is 5.75 Å². The summed E-state index contributed by atoms with van der Waals surface area (Å²) in [6, 6.07) is 13.1. The molecule has 0 radical (unpaired) electrons. The molecule has 0 aliphatic heterocycles. The molecule has 0 aliphatic rings. The monoisotopic (exact) mass is 341 g/mol. The van der Waals surface area contributed by atoms with Gasteiger partial charge in [-0.3, -0.25) is 4.79 Å². The van der Waals surface area contributed by atoms with E-state index in [0.717, 1.165) is 17.9 Å². The standard InChI is InChI=1S/C21H24FNO2/c1-2-3-4-5-16-25-20-12-6-17(7-13-20)21(24)14-15-23-19-10-8-18(22)9-11-19/h6-15,23H,2-5,16H2,1H3/b15-14-. The molecular formula is C21H24FNO2. The summed E-state index contributed by atoms with van der Waals surface area (Å²) in [6.07, 6.45) is 7.67. The normalized spacial score (nSPS) is 10.8. The van der Waals surface area contributed by atoms with Crippen molar-refractivity contribution in [1.82, 2.24) is 0 Å². The molecule has 4 heteroatoms. The van der Waals surface area contributed by atoms with E-state index in [-0.39, 0.29) is 11.6 Å². The van der Waals surface area contributed by atoms with Gasteiger partial charge in [-0.1, -0.05) is 26.2 Å². The van der Waals surface area contributed by atoms with E-state index in [9.17, 15) is 9.18 Å². The van der Waals surface area contributed by atoms with Gasteiger partial charge in [0.1, 0.15) is 11.6 Å². The predicted octanol–water partition coefficient (Wildman–Crippen LogP) is 5.59. The maximum Gasteiger partial charge on any atom is 0.187 e. The maximum absolute atomic E-state index is 12.8. The summed E-state index contributed by atoms with van der Waals surface area (Å²) in [4.78, 5) is 12.1. The van der Waals surface area contributed by atoms with Crippen molar-refractivity contribution < 1.29 is 13.9 Å². The van der Waals surface area contributed by atoms with Gasteiger partial charge in [0, 0.05) is 23.5 Å². The minimum Gasteiger partial charge on any atom is -0.494 e. The van der Waals surface area contributed by atoms with E-state index in [1.165, 1.54) is 37.5 Å². The number of nitrogens with one attached hydrogen (secondary N) is 1. The highest BCUT2D eigenvalue weighted by atomic mass is 19.1. The van der Waals surface area contributed by atoms with Crippen molar-refractivity contribution in [2.45, 2.75) is 32.6 Å². The Morgan fingerprint density at radius 2 is 1.76 bits per heavy atom. The Morgan fingerprint density at radius 1 is 1.04 bits per heavy atom. The molecule has 0 aliphatic carbocycles. The van der Waals surface area contributed by atoms with E-state index in [1.807, 2.05) is 12.1 Å². The number of halogens is 1. The molecule has 3 nitrogen and oxygen atoms in total. The zero-order chi connectivity index (χ0) is 17.9. The van der Waals surface area contributed by atoms with E-state index >= 15 is 0 Å². The molecule has 0 unspecified atom stereocenters. The minimum atomic E-state index is -0.293. The molecule has 132 valence electrons. The van der Waals surface area contributed by atoms with Crippen LogP contribution in [0.2, 0.25) is 0 Å². The summed E-state index contributed by atoms with van der Waals surface area (Å²) < 4.78 is 18.5. The van der Waals surface area contributed by atoms with Crippen molar-refractivity contribution in [3.05, 3.63) is 72.2 Å². The molecule has 0 atom stereocenters. The fourth-order valence-electron chi connectivity index (χ4n) is 2.29. The lowest BCUT2D eigenvalue weighted by molar-refractivity contribution is 0.104. The molecule has 0 saturated carbocycles. The van der Waals surface area contributed by atoms with Crippen molar-refractivity contribution in [1.29, 1.82) is 0 Å². The second-order valence-electron chi connectivity index (χ2n) is 5.78. The molecule has 2 aromatic carbocycles. The van der Waals surface area contributed by atoms with Crippen molar-refractivity contribution in [3.63, 3.8) is 0 Å². The Bertz CT molecular complexity index is 678. The highest BCUT2D eigenvalue weighted by Crippen LogP contribution is 2.14. The minimum absolute atomic E-state index is 0.107. The third-order valence-electron chi connectivity index (χ3n) is 3.73. The quantitative estimate of drug-likeness (QED) is 0.348. The third-order valence-corrected chi connectivity index (χ3v) is 3.73. The third kappa shape index (κ3) is 6.79. The van der Waals surface area contributed by atoms with E-state index < -0.39 is 0 Å². The van der Waals surface area contributed by atoms with Gasteiger partial charge in [0.2, 0.25) is 0 Å². The molecule has 0 aromatic heterocycles. The largest absolute Gasteiger partial charge is 0.494 e. The van der Waals surface area contributed by atoms with Gasteiger partial charge in [0.05, 0.1) is 6.61 Å². The summed E-state index contributed by atoms with van der Waals surface area (Å²) in [5.41, 5.74) is 1.31. The maximum atomic E-state index is 12.8. The first kappa shape index (κ1) is 18.7. The van der Waals surface area contributed by atoms with E-state index in [2.05, 4.69) is 12.2 Å². The summed E-state index contributed by atoms with van der Waals surface area (Å²) in [5.74, 6) is 0.379. The summed E-state index contributed by atoms with van der Waals surface area (Å²) in [6.45, 7) is 2.88. The SMILES string of the molecule is CCCCCCOc1ccc(C(=O)/C=C\Nc2ccc(F)cc2)cc1. The van der Waals surface area contributed by atoms with Crippen LogP contribution >= 0.6 is 0 Å². The first-order chi connectivity index (χ1) is 12.2. The fraction of sp³-hybridized carbons (Fsp3) is 0.286. The Morgan fingerprint density at radius 3 is 2.44 bits per heavy atom. The summed E-state index contributed by atoms with van der Waals surface area (Å²) >= 11 is 0. The molecular weight excluding hydrogens is 317 g/mol. The van der Waals surface area contributed by atoms with Gasteiger partial charge >= 0.3 is 0 Å². The number of benzene rings is 2. The number of hydrogen-bond donors (Lipinski definition) is 1. The number of anilines is 1. The van der Waals surface area contributed by atoms with E-state index in [4.69, 9.17) is 4.74 Å². The van der Waals surface area contributed by atoms with E-state index in [0.29, 0.717) is 12.2 Å². The van der Waals surface area contributed by atoms with Gasteiger partial charge in [-0.2, -0.15) is 0 Å². The molecule has 25 heavy (non-hydrogen) atoms. The molecule has 0 saturated heterocycles. The number of carbonyl (C=O) groups excluding carboxylic acids is 1. The van der Waals surface area contributed by atoms with Gasteiger partial charge in [-0.15, -0.1) is 0 Å². The van der Waals surface area contributed by atoms with Crippen LogP contribution in [0.5, 0.6) is 5.75 Å². The average Bonchev–Trinajstić information content (AvgIpc) is 2.63. The number of carbonyl (C=O) groups is 1. The van der Waals surface area contributed by atoms with Crippen LogP contribution < -0.4 is 10.1 Å². The second kappa shape index (κ2) is 10.3. The molecule has 0 amide bonds. The van der Waals surface area contributed by atoms with Crippen LogP contribution in [0.15, 0.2) is 60.8 Å². The number of allylic oxidation sites excluding steroid dienone is 1. The van der Waals surface area contributed by atoms with Gasteiger partial charge in [-0.05, 0) is 55.0 Å². The summed E-state index contributed by atoms with van der Waals surface area (Å²) in [7, 11) is 0. The van der Waals surface area contributed by atoms with Crippen LogP contribution in [-0.2, 0) is 0 Å². The Labute approximate surface area is 148 Å². The zero-order valence-corrected chi connectivity index (χ0v) is 14.5. The molecule has 0 fully saturated rings. The van der Waals surface area contributed by atoms with Crippen molar-refractivity contribution >= 4 is 11.5 Å². The van der Waals surface area contributed by atoms with Gasteiger partial charge in [-0.25, -0.2) is 4.39 Å². The van der Waals surface area contributed by atoms with E-state index in [1.54, 1.807) is 30.5 Å². The number of hydrogen-bond acceptors (Lipinski definition) is 3. The van der Waals surface area contributed by atoms with Crippen LogP contribution in [0.4, 0.5) is 10.1 Å². The smallest absolute Gasteiger partial charge is 0.187 e. The number of ketones is 1. The van der Waals surface area contributed by atoms with Crippen molar-refractivity contribution in [2.24, 2.45) is 0 Å². The van der Waals surface area contributed by atoms with Gasteiger partial charge in [0.15, 0.2) is 5.78 Å². The molecule has 2 rings (SSSR count). The molecule has 0 bridgehead atoms. The number of unbranched alkanes of at least 4 members (excludes halogenated alkanes) is 3. The molecule has 1 N–H and O–H groups in total. The molecule has 0 heterocycles. The van der Waals surface area contributed by atoms with Crippen molar-refractivity contribution in [2.75, 3.05) is 11.9 Å². The average molecular weight is 341 g/mol. The lowest BCUT2D eigenvalue weighted by atomic mass is 10.1. The van der Waals surface area contributed by atoms with Crippen LogP contribution in [-0.4, -0.2) is 12.4 Å². The van der Waals surface area contributed by atoms with Crippen LogP contribution in [0.1, 0.15) is 43.0 Å². The lowest BCUT2D eigenvalue weighted by Crippen LogP contribution is -1.99. The summed E-state index contributed by atoms with van der Waals surface area (Å²) in [5, 5.41) is 2.94. The molecule has 0 spiro atoms. The fourth-order valence-corrected chi connectivity index (χ4v) is 2.29. The number of ether oxygens (including phenoxy) is 1. The first-order valence-electron chi connectivity index (χ1n) is 8.65. The lowest BCUT2D eigenvalue weighted by Gasteiger charge is -2.06. The van der Waals surface area contributed by atoms with Crippen LogP contribution in [0.25, 0.3) is 0 Å². The first-order valence-corrected chi connectivity index (χ1v) is 8.65. The topological polar surface area (TPSA) is 38.3 Å². The Balaban J connectivity index is 1.79. The Hall–Kier alpha value is -2.62. The highest BCUT2D eigenvalue weighted by molar-refractivity contribution is 6.04.